The monoisotopic (exact) mass is 302 g/mol. The molecule has 0 unspecified atom stereocenters. The van der Waals surface area contributed by atoms with E-state index < -0.39 is 31.0 Å². The Bertz CT molecular complexity index is 590. The first-order valence-corrected chi connectivity index (χ1v) is 6.30. The topological polar surface area (TPSA) is 130 Å². The molecule has 0 radical (unpaired) electrons. The summed E-state index contributed by atoms with van der Waals surface area (Å²) in [5, 5.41) is 47.7. The number of H-pyrrole nitrogens is 1. The Balaban J connectivity index is 2.24. The van der Waals surface area contributed by atoms with Gasteiger partial charge in [0, 0.05) is 5.02 Å². The summed E-state index contributed by atoms with van der Waals surface area (Å²) in [4.78, 5) is 6.84. The van der Waals surface area contributed by atoms with Gasteiger partial charge >= 0.3 is 0 Å². The summed E-state index contributed by atoms with van der Waals surface area (Å²) in [6, 6.07) is 4.88. The van der Waals surface area contributed by atoms with Gasteiger partial charge in [-0.05, 0) is 18.2 Å². The molecule has 20 heavy (non-hydrogen) atoms. The second-order valence-corrected chi connectivity index (χ2v) is 4.90. The predicted octanol–water partition coefficient (Wildman–Crippen LogP) is -0.675. The number of aliphatic hydroxyl groups is 5. The van der Waals surface area contributed by atoms with Crippen LogP contribution in [0.4, 0.5) is 0 Å². The van der Waals surface area contributed by atoms with Gasteiger partial charge in [0.05, 0.1) is 17.6 Å². The summed E-state index contributed by atoms with van der Waals surface area (Å²) < 4.78 is 0. The van der Waals surface area contributed by atoms with Crippen LogP contribution in [0, 0.1) is 0 Å². The molecule has 0 aliphatic carbocycles. The van der Waals surface area contributed by atoms with Gasteiger partial charge in [-0.1, -0.05) is 11.6 Å². The SMILES string of the molecule is OC[C@@H](O)[C@@H](O)[C@H](O)[C@H](O)c1nc2cc(Cl)ccc2[nH]1. The van der Waals surface area contributed by atoms with E-state index in [2.05, 4.69) is 9.97 Å². The van der Waals surface area contributed by atoms with E-state index in [1.807, 2.05) is 0 Å². The average Bonchev–Trinajstić information content (AvgIpc) is 2.86. The Morgan fingerprint density at radius 3 is 2.50 bits per heavy atom. The third-order valence-electron chi connectivity index (χ3n) is 3.00. The normalized spacial score (nSPS) is 17.9. The van der Waals surface area contributed by atoms with E-state index in [4.69, 9.17) is 16.7 Å². The average molecular weight is 303 g/mol. The molecular weight excluding hydrogens is 288 g/mol. The maximum Gasteiger partial charge on any atom is 0.140 e. The molecule has 0 saturated carbocycles. The van der Waals surface area contributed by atoms with Crippen molar-refractivity contribution in [2.24, 2.45) is 0 Å². The fraction of sp³-hybridized carbons (Fsp3) is 0.417. The second-order valence-electron chi connectivity index (χ2n) is 4.46. The second kappa shape index (κ2) is 6.04. The lowest BCUT2D eigenvalue weighted by Crippen LogP contribution is -2.42. The zero-order valence-corrected chi connectivity index (χ0v) is 11.1. The zero-order valence-electron chi connectivity index (χ0n) is 10.3. The standard InChI is InChI=1S/C12H15ClN2O5/c13-5-1-2-6-7(3-5)15-12(14-6)11(20)10(19)9(18)8(17)4-16/h1-3,8-11,16-20H,4H2,(H,14,15)/t8-,9-,10+,11+/m1/s1. The van der Waals surface area contributed by atoms with E-state index in [0.717, 1.165) is 0 Å². The van der Waals surface area contributed by atoms with Crippen molar-refractivity contribution in [1.29, 1.82) is 0 Å². The summed E-state index contributed by atoms with van der Waals surface area (Å²) in [7, 11) is 0. The van der Waals surface area contributed by atoms with Gasteiger partial charge in [-0.3, -0.25) is 0 Å². The van der Waals surface area contributed by atoms with Crippen LogP contribution in [-0.4, -0.2) is 60.4 Å². The number of aromatic nitrogens is 2. The summed E-state index contributed by atoms with van der Waals surface area (Å²) in [6.45, 7) is -0.735. The van der Waals surface area contributed by atoms with Crippen LogP contribution in [0.25, 0.3) is 11.0 Å². The van der Waals surface area contributed by atoms with Gasteiger partial charge in [0.15, 0.2) is 0 Å². The highest BCUT2D eigenvalue weighted by molar-refractivity contribution is 6.31. The van der Waals surface area contributed by atoms with Crippen molar-refractivity contribution in [1.82, 2.24) is 9.97 Å². The van der Waals surface area contributed by atoms with Gasteiger partial charge in [0.2, 0.25) is 0 Å². The van der Waals surface area contributed by atoms with Crippen molar-refractivity contribution >= 4 is 22.6 Å². The number of imidazole rings is 1. The number of fused-ring (bicyclic) bond motifs is 1. The highest BCUT2D eigenvalue weighted by Crippen LogP contribution is 2.23. The van der Waals surface area contributed by atoms with Crippen LogP contribution < -0.4 is 0 Å². The Morgan fingerprint density at radius 2 is 1.85 bits per heavy atom. The van der Waals surface area contributed by atoms with E-state index in [0.29, 0.717) is 16.1 Å². The summed E-state index contributed by atoms with van der Waals surface area (Å²) in [6.07, 6.45) is -6.50. The van der Waals surface area contributed by atoms with Crippen LogP contribution in [0.2, 0.25) is 5.02 Å². The summed E-state index contributed by atoms with van der Waals surface area (Å²) in [5.41, 5.74) is 1.10. The molecule has 110 valence electrons. The van der Waals surface area contributed by atoms with Gasteiger partial charge in [0.25, 0.3) is 0 Å². The molecule has 1 aromatic heterocycles. The van der Waals surface area contributed by atoms with Gasteiger partial charge in [-0.2, -0.15) is 0 Å². The van der Waals surface area contributed by atoms with Gasteiger partial charge < -0.3 is 30.5 Å². The van der Waals surface area contributed by atoms with Crippen LogP contribution in [0.15, 0.2) is 18.2 Å². The fourth-order valence-corrected chi connectivity index (χ4v) is 1.99. The number of aliphatic hydroxyl groups excluding tert-OH is 5. The van der Waals surface area contributed by atoms with E-state index in [1.165, 1.54) is 0 Å². The maximum absolute atomic E-state index is 9.94. The molecule has 0 saturated heterocycles. The van der Waals surface area contributed by atoms with E-state index in [-0.39, 0.29) is 5.82 Å². The lowest BCUT2D eigenvalue weighted by molar-refractivity contribution is -0.117. The third kappa shape index (κ3) is 2.93. The van der Waals surface area contributed by atoms with E-state index in [1.54, 1.807) is 18.2 Å². The number of halogens is 1. The molecule has 0 spiro atoms. The number of rotatable bonds is 5. The lowest BCUT2D eigenvalue weighted by atomic mass is 10.0. The minimum Gasteiger partial charge on any atom is -0.394 e. The van der Waals surface area contributed by atoms with Crippen molar-refractivity contribution in [2.45, 2.75) is 24.4 Å². The van der Waals surface area contributed by atoms with Crippen molar-refractivity contribution in [2.75, 3.05) is 6.61 Å². The van der Waals surface area contributed by atoms with Crippen molar-refractivity contribution in [3.63, 3.8) is 0 Å². The smallest absolute Gasteiger partial charge is 0.140 e. The predicted molar refractivity (Wildman–Crippen MR) is 71.2 cm³/mol. The molecule has 0 bridgehead atoms. The first kappa shape index (κ1) is 15.2. The molecular formula is C12H15ClN2O5. The number of nitrogens with zero attached hydrogens (tertiary/aromatic N) is 1. The van der Waals surface area contributed by atoms with Crippen LogP contribution in [0.5, 0.6) is 0 Å². The number of benzene rings is 1. The quantitative estimate of drug-likeness (QED) is 0.434. The first-order chi connectivity index (χ1) is 9.43. The molecule has 2 aromatic rings. The zero-order chi connectivity index (χ0) is 14.9. The van der Waals surface area contributed by atoms with E-state index in [9.17, 15) is 20.4 Å². The van der Waals surface area contributed by atoms with Gasteiger partial charge in [-0.25, -0.2) is 4.98 Å². The molecule has 4 atom stereocenters. The Morgan fingerprint density at radius 1 is 1.15 bits per heavy atom. The Labute approximate surface area is 119 Å². The van der Waals surface area contributed by atoms with Gasteiger partial charge in [-0.15, -0.1) is 0 Å². The minimum absolute atomic E-state index is 0.0268. The number of hydrogen-bond acceptors (Lipinski definition) is 6. The third-order valence-corrected chi connectivity index (χ3v) is 3.23. The maximum atomic E-state index is 9.94. The molecule has 7 nitrogen and oxygen atoms in total. The fourth-order valence-electron chi connectivity index (χ4n) is 1.82. The molecule has 6 N–H and O–H groups in total. The minimum atomic E-state index is -1.70. The molecule has 0 fully saturated rings. The van der Waals surface area contributed by atoms with E-state index >= 15 is 0 Å². The van der Waals surface area contributed by atoms with Crippen LogP contribution in [0.3, 0.4) is 0 Å². The lowest BCUT2D eigenvalue weighted by Gasteiger charge is -2.24. The molecule has 0 amide bonds. The van der Waals surface area contributed by atoms with Crippen molar-refractivity contribution in [3.05, 3.63) is 29.0 Å². The largest absolute Gasteiger partial charge is 0.394 e. The van der Waals surface area contributed by atoms with Crippen molar-refractivity contribution < 1.29 is 25.5 Å². The molecule has 0 aliphatic heterocycles. The molecule has 2 rings (SSSR count). The van der Waals surface area contributed by atoms with Crippen LogP contribution >= 0.6 is 11.6 Å². The summed E-state index contributed by atoms with van der Waals surface area (Å²) >= 11 is 5.81. The molecule has 8 heteroatoms. The number of hydrogen-bond donors (Lipinski definition) is 6. The first-order valence-electron chi connectivity index (χ1n) is 5.92. The van der Waals surface area contributed by atoms with Crippen LogP contribution in [-0.2, 0) is 0 Å². The van der Waals surface area contributed by atoms with Gasteiger partial charge in [0.1, 0.15) is 30.2 Å². The number of aromatic amines is 1. The molecule has 1 heterocycles. The van der Waals surface area contributed by atoms with Crippen molar-refractivity contribution in [3.8, 4) is 0 Å². The summed E-state index contributed by atoms with van der Waals surface area (Å²) in [5.74, 6) is 0.0268. The molecule has 1 aromatic carbocycles. The van der Waals surface area contributed by atoms with Crippen LogP contribution in [0.1, 0.15) is 11.9 Å². The number of nitrogens with one attached hydrogen (secondary N) is 1. The molecule has 0 aliphatic rings. The Kier molecular flexibility index (Phi) is 4.59. The highest BCUT2D eigenvalue weighted by Gasteiger charge is 2.32. The highest BCUT2D eigenvalue weighted by atomic mass is 35.5. The Hall–Kier alpha value is -1.22.